The van der Waals surface area contributed by atoms with Gasteiger partial charge in [-0.15, -0.1) is 0 Å². The van der Waals surface area contributed by atoms with E-state index in [1.165, 1.54) is 51.4 Å². The van der Waals surface area contributed by atoms with Crippen LogP contribution in [0, 0.1) is 0 Å². The lowest BCUT2D eigenvalue weighted by molar-refractivity contribution is 0.0698. The fourth-order valence-corrected chi connectivity index (χ4v) is 9.26. The van der Waals surface area contributed by atoms with Crippen LogP contribution >= 0.6 is 0 Å². The number of hydrogen-bond donors (Lipinski definition) is 0. The fourth-order valence-electron chi connectivity index (χ4n) is 3.89. The number of rotatable bonds is 24. The van der Waals surface area contributed by atoms with Gasteiger partial charge in [0.2, 0.25) is 0 Å². The van der Waals surface area contributed by atoms with Gasteiger partial charge in [-0.1, -0.05) is 65.2 Å². The SMILES string of the molecule is CCCCCCCC[Si](OCC)(OCC)OCC.CCCCCC[Si](OCC)(OCC)OCC. The third kappa shape index (κ3) is 19.4. The maximum absolute atomic E-state index is 5.83. The van der Waals surface area contributed by atoms with E-state index in [0.29, 0.717) is 39.6 Å². The molecule has 34 heavy (non-hydrogen) atoms. The van der Waals surface area contributed by atoms with Crippen molar-refractivity contribution in [2.75, 3.05) is 39.6 Å². The first-order chi connectivity index (χ1) is 16.5. The van der Waals surface area contributed by atoms with Gasteiger partial charge in [0.05, 0.1) is 0 Å². The summed E-state index contributed by atoms with van der Waals surface area (Å²) in [7, 11) is -4.71. The Balaban J connectivity index is 0. The predicted molar refractivity (Wildman–Crippen MR) is 148 cm³/mol. The normalized spacial score (nSPS) is 12.0. The third-order valence-electron chi connectivity index (χ3n) is 5.36. The van der Waals surface area contributed by atoms with Gasteiger partial charge in [0.15, 0.2) is 0 Å². The molecule has 0 aromatic carbocycles. The molecule has 0 aromatic rings. The molecule has 0 saturated heterocycles. The largest absolute Gasteiger partial charge is 0.500 e. The van der Waals surface area contributed by atoms with Gasteiger partial charge in [0.25, 0.3) is 0 Å². The molecule has 0 aliphatic carbocycles. The summed E-state index contributed by atoms with van der Waals surface area (Å²) in [6, 6.07) is 1.93. The van der Waals surface area contributed by atoms with E-state index in [2.05, 4.69) is 13.8 Å². The van der Waals surface area contributed by atoms with Crippen molar-refractivity contribution < 1.29 is 26.6 Å². The summed E-state index contributed by atoms with van der Waals surface area (Å²) >= 11 is 0. The lowest BCUT2D eigenvalue weighted by Crippen LogP contribution is -2.45. The molecule has 0 aromatic heterocycles. The first-order valence-electron chi connectivity index (χ1n) is 14.3. The van der Waals surface area contributed by atoms with Gasteiger partial charge in [0, 0.05) is 51.7 Å². The van der Waals surface area contributed by atoms with Crippen LogP contribution in [0.25, 0.3) is 0 Å². The van der Waals surface area contributed by atoms with E-state index in [0.717, 1.165) is 24.9 Å². The average Bonchev–Trinajstić information content (AvgIpc) is 2.81. The van der Waals surface area contributed by atoms with Crippen LogP contribution in [0.5, 0.6) is 0 Å². The molecule has 208 valence electrons. The molecule has 0 radical (unpaired) electrons. The molecule has 0 N–H and O–H groups in total. The van der Waals surface area contributed by atoms with Gasteiger partial charge < -0.3 is 26.6 Å². The second-order valence-electron chi connectivity index (χ2n) is 8.29. The van der Waals surface area contributed by atoms with Crippen LogP contribution in [0.2, 0.25) is 12.1 Å². The van der Waals surface area contributed by atoms with E-state index in [1.807, 2.05) is 41.5 Å². The van der Waals surface area contributed by atoms with Crippen molar-refractivity contribution in [2.45, 2.75) is 132 Å². The van der Waals surface area contributed by atoms with E-state index < -0.39 is 17.6 Å². The van der Waals surface area contributed by atoms with Crippen LogP contribution in [0.4, 0.5) is 0 Å². The second kappa shape index (κ2) is 26.3. The van der Waals surface area contributed by atoms with E-state index in [1.54, 1.807) is 0 Å². The zero-order chi connectivity index (χ0) is 26.0. The minimum absolute atomic E-state index is 0.681. The summed E-state index contributed by atoms with van der Waals surface area (Å²) < 4.78 is 34.9. The molecule has 0 saturated carbocycles. The highest BCUT2D eigenvalue weighted by atomic mass is 28.4. The first-order valence-corrected chi connectivity index (χ1v) is 18.2. The summed E-state index contributed by atoms with van der Waals surface area (Å²) in [6.07, 6.45) is 12.7. The minimum Gasteiger partial charge on any atom is -0.374 e. The van der Waals surface area contributed by atoms with Crippen molar-refractivity contribution in [2.24, 2.45) is 0 Å². The Morgan fingerprint density at radius 3 is 0.824 bits per heavy atom. The number of hydrogen-bond acceptors (Lipinski definition) is 6. The highest BCUT2D eigenvalue weighted by Gasteiger charge is 2.40. The quantitative estimate of drug-likeness (QED) is 0.0941. The predicted octanol–water partition coefficient (Wildman–Crippen LogP) is 8.01. The van der Waals surface area contributed by atoms with Crippen molar-refractivity contribution >= 4 is 17.6 Å². The Morgan fingerprint density at radius 2 is 0.559 bits per heavy atom. The van der Waals surface area contributed by atoms with Crippen LogP contribution in [0.15, 0.2) is 0 Å². The Bertz CT molecular complexity index is 367. The molecule has 0 bridgehead atoms. The van der Waals surface area contributed by atoms with Crippen molar-refractivity contribution in [1.82, 2.24) is 0 Å². The van der Waals surface area contributed by atoms with Gasteiger partial charge in [-0.05, 0) is 54.4 Å². The molecular weight excluding hydrogens is 464 g/mol. The van der Waals surface area contributed by atoms with E-state index in [-0.39, 0.29) is 0 Å². The Kier molecular flexibility index (Phi) is 28.1. The first kappa shape index (κ1) is 36.4. The molecule has 0 heterocycles. The topological polar surface area (TPSA) is 55.4 Å². The molecule has 0 aliphatic rings. The molecule has 0 fully saturated rings. The summed E-state index contributed by atoms with van der Waals surface area (Å²) in [5.41, 5.74) is 0. The maximum atomic E-state index is 5.83. The van der Waals surface area contributed by atoms with Crippen LogP contribution in [0.1, 0.15) is 120 Å². The van der Waals surface area contributed by atoms with Crippen LogP contribution in [0.3, 0.4) is 0 Å². The molecule has 0 rings (SSSR count). The highest BCUT2D eigenvalue weighted by molar-refractivity contribution is 6.61. The zero-order valence-electron chi connectivity index (χ0n) is 24.2. The monoisotopic (exact) mass is 524 g/mol. The zero-order valence-corrected chi connectivity index (χ0v) is 26.2. The fraction of sp³-hybridized carbons (Fsp3) is 1.00. The third-order valence-corrected chi connectivity index (χ3v) is 11.7. The van der Waals surface area contributed by atoms with Crippen molar-refractivity contribution in [3.63, 3.8) is 0 Å². The molecule has 0 spiro atoms. The van der Waals surface area contributed by atoms with Gasteiger partial charge >= 0.3 is 17.6 Å². The Hall–Kier alpha value is 0.194. The molecule has 0 atom stereocenters. The van der Waals surface area contributed by atoms with Crippen molar-refractivity contribution in [3.05, 3.63) is 0 Å². The highest BCUT2D eigenvalue weighted by Crippen LogP contribution is 2.21. The summed E-state index contributed by atoms with van der Waals surface area (Å²) in [6.45, 7) is 20.6. The average molecular weight is 525 g/mol. The van der Waals surface area contributed by atoms with Crippen molar-refractivity contribution in [3.8, 4) is 0 Å². The molecule has 0 unspecified atom stereocenters. The van der Waals surface area contributed by atoms with Gasteiger partial charge in [-0.25, -0.2) is 0 Å². The summed E-state index contributed by atoms with van der Waals surface area (Å²) in [5.74, 6) is 0. The second-order valence-corrected chi connectivity index (χ2v) is 13.8. The lowest BCUT2D eigenvalue weighted by atomic mass is 10.1. The van der Waals surface area contributed by atoms with E-state index in [4.69, 9.17) is 26.6 Å². The molecule has 6 nitrogen and oxygen atoms in total. The van der Waals surface area contributed by atoms with Crippen molar-refractivity contribution in [1.29, 1.82) is 0 Å². The van der Waals surface area contributed by atoms with Gasteiger partial charge in [-0.3, -0.25) is 0 Å². The van der Waals surface area contributed by atoms with Crippen LogP contribution in [-0.2, 0) is 26.6 Å². The Labute approximate surface area is 215 Å². The lowest BCUT2D eigenvalue weighted by Gasteiger charge is -2.28. The van der Waals surface area contributed by atoms with Gasteiger partial charge in [-0.2, -0.15) is 0 Å². The molecule has 0 aliphatic heterocycles. The Morgan fingerprint density at radius 1 is 0.324 bits per heavy atom. The summed E-state index contributed by atoms with van der Waals surface area (Å²) in [5, 5.41) is 0. The minimum atomic E-state index is -2.36. The smallest absolute Gasteiger partial charge is 0.374 e. The van der Waals surface area contributed by atoms with E-state index >= 15 is 0 Å². The van der Waals surface area contributed by atoms with Crippen LogP contribution in [-0.4, -0.2) is 57.3 Å². The van der Waals surface area contributed by atoms with E-state index in [9.17, 15) is 0 Å². The summed E-state index contributed by atoms with van der Waals surface area (Å²) in [4.78, 5) is 0. The molecule has 0 amide bonds. The van der Waals surface area contributed by atoms with Crippen LogP contribution < -0.4 is 0 Å². The molecule has 8 heteroatoms. The number of unbranched alkanes of at least 4 members (excludes halogenated alkanes) is 8. The molecular formula is C26H60O6Si2. The standard InChI is InChI=1S/C14H32O3Si.C12H28O3Si/c1-5-9-10-11-12-13-14-18(15-6-2,16-7-3)17-8-4;1-5-9-10-11-12-16(13-6-2,14-7-3)15-8-4/h5-14H2,1-4H3;5-12H2,1-4H3. The van der Waals surface area contributed by atoms with Gasteiger partial charge in [0.1, 0.15) is 0 Å². The maximum Gasteiger partial charge on any atom is 0.500 e.